The number of Topliss-reactive ketones (excluding diaryl/α,β-unsaturated/α-hetero) is 2. The molecule has 234 valence electrons. The van der Waals surface area contributed by atoms with E-state index in [0.29, 0.717) is 78.8 Å². The summed E-state index contributed by atoms with van der Waals surface area (Å²) in [5, 5.41) is 0. The highest BCUT2D eigenvalue weighted by Gasteiger charge is 2.48. The molecule has 45 heavy (non-hydrogen) atoms. The monoisotopic (exact) mass is 606 g/mol. The molecule has 0 unspecified atom stereocenters. The third kappa shape index (κ3) is 6.56. The van der Waals surface area contributed by atoms with Crippen molar-refractivity contribution in [1.82, 2.24) is 0 Å². The van der Waals surface area contributed by atoms with Crippen molar-refractivity contribution in [2.75, 3.05) is 6.61 Å². The minimum atomic E-state index is -0.514. The number of carbonyl (C=O) groups excluding carboxylic acids is 2. The number of rotatable bonds is 9. The molecule has 6 heteroatoms. The Morgan fingerprint density at radius 3 is 1.87 bits per heavy atom. The van der Waals surface area contributed by atoms with E-state index in [-0.39, 0.29) is 29.0 Å². The second kappa shape index (κ2) is 12.2. The minimum Gasteiger partial charge on any atom is -0.490 e. The van der Waals surface area contributed by atoms with Gasteiger partial charge in [-0.05, 0) is 47.1 Å². The standard InChI is InChI=1S/C39H42O6/c1-6-42-32-18-26(16-17-31(32)44-23-25-12-8-7-9-13-25)24-43-30-15-11-10-14-27(30)35-36-28(40)19-38(2,3)21-33(36)45-34-22-39(4,5)20-29(41)37(34)35/h7-18,35H,6,19-24H2,1-5H3. The summed E-state index contributed by atoms with van der Waals surface area (Å²) in [5.74, 6) is 2.93. The molecule has 6 rings (SSSR count). The van der Waals surface area contributed by atoms with E-state index in [2.05, 4.69) is 27.7 Å². The van der Waals surface area contributed by atoms with Crippen molar-refractivity contribution in [2.24, 2.45) is 10.8 Å². The van der Waals surface area contributed by atoms with Crippen molar-refractivity contribution in [3.05, 3.63) is 112 Å². The molecule has 0 radical (unpaired) electrons. The molecule has 2 aliphatic carbocycles. The Kier molecular flexibility index (Phi) is 8.34. The molecule has 0 spiro atoms. The van der Waals surface area contributed by atoms with E-state index in [1.807, 2.05) is 79.7 Å². The number of benzene rings is 3. The Labute approximate surface area is 266 Å². The smallest absolute Gasteiger partial charge is 0.163 e. The van der Waals surface area contributed by atoms with Gasteiger partial charge in [0.25, 0.3) is 0 Å². The largest absolute Gasteiger partial charge is 0.490 e. The quantitative estimate of drug-likeness (QED) is 0.243. The van der Waals surface area contributed by atoms with Gasteiger partial charge in [-0.3, -0.25) is 9.59 Å². The Bertz CT molecular complexity index is 1620. The number of allylic oxidation sites excluding steroid dienone is 4. The molecule has 3 aromatic carbocycles. The normalized spacial score (nSPS) is 19.0. The fourth-order valence-electron chi connectivity index (χ4n) is 6.76. The Morgan fingerprint density at radius 1 is 0.644 bits per heavy atom. The van der Waals surface area contributed by atoms with Crippen LogP contribution in [0.15, 0.2) is 95.5 Å². The number of ketones is 2. The average Bonchev–Trinajstić information content (AvgIpc) is 2.98. The average molecular weight is 607 g/mol. The van der Waals surface area contributed by atoms with Crippen LogP contribution in [0, 0.1) is 10.8 Å². The van der Waals surface area contributed by atoms with Crippen LogP contribution >= 0.6 is 0 Å². The number of hydrogen-bond donors (Lipinski definition) is 0. The summed E-state index contributed by atoms with van der Waals surface area (Å²) in [6.45, 7) is 11.5. The zero-order chi connectivity index (χ0) is 31.8. The number of carbonyl (C=O) groups is 2. The predicted molar refractivity (Wildman–Crippen MR) is 173 cm³/mol. The van der Waals surface area contributed by atoms with Crippen molar-refractivity contribution in [1.29, 1.82) is 0 Å². The van der Waals surface area contributed by atoms with Gasteiger partial charge in [-0.1, -0.05) is 82.3 Å². The van der Waals surface area contributed by atoms with Crippen LogP contribution in [-0.2, 0) is 27.5 Å². The first-order valence-corrected chi connectivity index (χ1v) is 15.9. The van der Waals surface area contributed by atoms with Crippen molar-refractivity contribution < 1.29 is 28.5 Å². The van der Waals surface area contributed by atoms with Crippen LogP contribution < -0.4 is 14.2 Å². The topological polar surface area (TPSA) is 71.1 Å². The lowest BCUT2D eigenvalue weighted by molar-refractivity contribution is -0.120. The third-order valence-corrected chi connectivity index (χ3v) is 8.75. The molecule has 1 heterocycles. The molecule has 6 nitrogen and oxygen atoms in total. The summed E-state index contributed by atoms with van der Waals surface area (Å²) in [5.41, 5.74) is 3.60. The minimum absolute atomic E-state index is 0.0395. The van der Waals surface area contributed by atoms with Gasteiger partial charge < -0.3 is 18.9 Å². The van der Waals surface area contributed by atoms with Crippen LogP contribution in [-0.4, -0.2) is 18.2 Å². The highest BCUT2D eigenvalue weighted by Crippen LogP contribution is 2.54. The summed E-state index contributed by atoms with van der Waals surface area (Å²) in [6, 6.07) is 23.6. The van der Waals surface area contributed by atoms with Crippen molar-refractivity contribution in [2.45, 2.75) is 79.4 Å². The van der Waals surface area contributed by atoms with E-state index in [1.165, 1.54) is 0 Å². The fourth-order valence-corrected chi connectivity index (χ4v) is 6.76. The van der Waals surface area contributed by atoms with E-state index in [0.717, 1.165) is 16.7 Å². The summed E-state index contributed by atoms with van der Waals surface area (Å²) < 4.78 is 25.0. The lowest BCUT2D eigenvalue weighted by Gasteiger charge is -2.43. The van der Waals surface area contributed by atoms with Crippen LogP contribution in [0.3, 0.4) is 0 Å². The lowest BCUT2D eigenvalue weighted by Crippen LogP contribution is -2.37. The van der Waals surface area contributed by atoms with E-state index >= 15 is 0 Å². The summed E-state index contributed by atoms with van der Waals surface area (Å²) >= 11 is 0. The van der Waals surface area contributed by atoms with Gasteiger partial charge in [0.15, 0.2) is 23.1 Å². The molecule has 1 aliphatic heterocycles. The number of para-hydroxylation sites is 1. The van der Waals surface area contributed by atoms with Gasteiger partial charge in [-0.2, -0.15) is 0 Å². The van der Waals surface area contributed by atoms with Crippen LogP contribution in [0.5, 0.6) is 17.2 Å². The van der Waals surface area contributed by atoms with Crippen LogP contribution in [0.2, 0.25) is 0 Å². The highest BCUT2D eigenvalue weighted by atomic mass is 16.5. The SMILES string of the molecule is CCOc1cc(COc2ccccc2C2C3=C(CC(C)(C)CC3=O)OC3=C2C(=O)CC(C)(C)C3)ccc1OCc1ccccc1. The summed E-state index contributed by atoms with van der Waals surface area (Å²) in [6.07, 6.45) is 2.13. The number of hydrogen-bond acceptors (Lipinski definition) is 6. The molecular weight excluding hydrogens is 564 g/mol. The molecule has 0 saturated carbocycles. The zero-order valence-electron chi connectivity index (χ0n) is 26.9. The second-order valence-electron chi connectivity index (χ2n) is 13.9. The molecule has 0 bridgehead atoms. The summed E-state index contributed by atoms with van der Waals surface area (Å²) in [7, 11) is 0. The highest BCUT2D eigenvalue weighted by molar-refractivity contribution is 6.06. The first-order valence-electron chi connectivity index (χ1n) is 15.9. The molecule has 0 atom stereocenters. The van der Waals surface area contributed by atoms with Crippen molar-refractivity contribution in [3.63, 3.8) is 0 Å². The van der Waals surface area contributed by atoms with Crippen LogP contribution in [0.25, 0.3) is 0 Å². The first kappa shape index (κ1) is 30.7. The van der Waals surface area contributed by atoms with E-state index in [9.17, 15) is 9.59 Å². The van der Waals surface area contributed by atoms with Gasteiger partial charge >= 0.3 is 0 Å². The molecule has 0 aromatic heterocycles. The summed E-state index contributed by atoms with van der Waals surface area (Å²) in [4.78, 5) is 27.5. The van der Waals surface area contributed by atoms with Gasteiger partial charge in [0.2, 0.25) is 0 Å². The maximum absolute atomic E-state index is 13.8. The molecule has 3 aliphatic rings. The van der Waals surface area contributed by atoms with Gasteiger partial charge in [-0.25, -0.2) is 0 Å². The number of ether oxygens (including phenoxy) is 4. The second-order valence-corrected chi connectivity index (χ2v) is 13.9. The third-order valence-electron chi connectivity index (χ3n) is 8.75. The predicted octanol–water partition coefficient (Wildman–Crippen LogP) is 8.64. The van der Waals surface area contributed by atoms with Crippen molar-refractivity contribution in [3.8, 4) is 17.2 Å². The zero-order valence-corrected chi connectivity index (χ0v) is 26.9. The van der Waals surface area contributed by atoms with Crippen molar-refractivity contribution >= 4 is 11.6 Å². The van der Waals surface area contributed by atoms with Crippen LogP contribution in [0.1, 0.15) is 82.9 Å². The Balaban J connectivity index is 1.31. The maximum atomic E-state index is 13.8. The van der Waals surface area contributed by atoms with Gasteiger partial charge in [0.1, 0.15) is 30.5 Å². The molecule has 0 saturated heterocycles. The van der Waals surface area contributed by atoms with Crippen LogP contribution in [0.4, 0.5) is 0 Å². The van der Waals surface area contributed by atoms with Gasteiger partial charge in [0.05, 0.1) is 12.5 Å². The molecule has 0 fully saturated rings. The van der Waals surface area contributed by atoms with E-state index in [4.69, 9.17) is 18.9 Å². The Morgan fingerprint density at radius 2 is 1.22 bits per heavy atom. The van der Waals surface area contributed by atoms with E-state index in [1.54, 1.807) is 0 Å². The molecule has 0 N–H and O–H groups in total. The molecule has 0 amide bonds. The fraction of sp³-hybridized carbons (Fsp3) is 0.385. The Hall–Kier alpha value is -4.32. The van der Waals surface area contributed by atoms with E-state index < -0.39 is 5.92 Å². The van der Waals surface area contributed by atoms with Gasteiger partial charge in [-0.15, -0.1) is 0 Å². The first-order chi connectivity index (χ1) is 21.5. The van der Waals surface area contributed by atoms with Gasteiger partial charge in [0, 0.05) is 42.4 Å². The molecular formula is C39H42O6. The lowest BCUT2D eigenvalue weighted by atomic mass is 9.65. The maximum Gasteiger partial charge on any atom is 0.163 e. The molecule has 3 aromatic rings.